The lowest BCUT2D eigenvalue weighted by Crippen LogP contribution is -2.38. The summed E-state index contributed by atoms with van der Waals surface area (Å²) in [6.07, 6.45) is -0.554. The predicted octanol–water partition coefficient (Wildman–Crippen LogP) is 3.57. The van der Waals surface area contributed by atoms with Gasteiger partial charge in [0.25, 0.3) is 5.91 Å². The highest BCUT2D eigenvalue weighted by molar-refractivity contribution is 5.80. The highest BCUT2D eigenvalue weighted by Crippen LogP contribution is 2.24. The molecular formula is C20H25NO3. The number of rotatable bonds is 7. The minimum atomic E-state index is -0.554. The second-order valence-electron chi connectivity index (χ2n) is 5.92. The van der Waals surface area contributed by atoms with Gasteiger partial charge in [0.15, 0.2) is 6.10 Å². The molecule has 4 heteroatoms. The van der Waals surface area contributed by atoms with Gasteiger partial charge >= 0.3 is 0 Å². The smallest absolute Gasteiger partial charge is 0.260 e. The molecule has 1 unspecified atom stereocenters. The molecule has 1 N–H and O–H groups in total. The second kappa shape index (κ2) is 8.39. The van der Waals surface area contributed by atoms with Crippen LogP contribution in [-0.2, 0) is 4.79 Å². The molecule has 1 amide bonds. The second-order valence-corrected chi connectivity index (χ2v) is 5.92. The molecule has 0 spiro atoms. The predicted molar refractivity (Wildman–Crippen MR) is 95.7 cm³/mol. The Morgan fingerprint density at radius 3 is 2.54 bits per heavy atom. The molecule has 0 aromatic heterocycles. The Morgan fingerprint density at radius 1 is 1.12 bits per heavy atom. The number of ether oxygens (including phenoxy) is 2. The molecule has 0 radical (unpaired) electrons. The summed E-state index contributed by atoms with van der Waals surface area (Å²) < 4.78 is 11.4. The summed E-state index contributed by atoms with van der Waals surface area (Å²) in [7, 11) is 0. The van der Waals surface area contributed by atoms with Crippen molar-refractivity contribution in [2.75, 3.05) is 13.2 Å². The van der Waals surface area contributed by atoms with Gasteiger partial charge in [-0.15, -0.1) is 0 Å². The summed E-state index contributed by atoms with van der Waals surface area (Å²) in [5.41, 5.74) is 3.35. The Bertz CT molecular complexity index is 683. The minimum absolute atomic E-state index is 0.148. The lowest BCUT2D eigenvalue weighted by atomic mass is 10.1. The maximum absolute atomic E-state index is 12.1. The molecule has 0 bridgehead atoms. The van der Waals surface area contributed by atoms with Crippen LogP contribution in [0.4, 0.5) is 0 Å². The molecule has 4 nitrogen and oxygen atoms in total. The highest BCUT2D eigenvalue weighted by Gasteiger charge is 2.16. The van der Waals surface area contributed by atoms with E-state index in [1.807, 2.05) is 57.2 Å². The van der Waals surface area contributed by atoms with Gasteiger partial charge in [0, 0.05) is 0 Å². The molecule has 2 rings (SSSR count). The van der Waals surface area contributed by atoms with Crippen LogP contribution in [0, 0.1) is 20.8 Å². The fourth-order valence-electron chi connectivity index (χ4n) is 2.37. The van der Waals surface area contributed by atoms with Crippen LogP contribution >= 0.6 is 0 Å². The molecule has 0 heterocycles. The number of carbonyl (C=O) groups excluding carboxylic acids is 1. The third-order valence-electron chi connectivity index (χ3n) is 3.85. The number of benzene rings is 2. The Hall–Kier alpha value is -2.49. The maximum atomic E-state index is 12.1. The number of carbonyl (C=O) groups is 1. The van der Waals surface area contributed by atoms with Crippen molar-refractivity contribution < 1.29 is 14.3 Å². The molecule has 0 aliphatic heterocycles. The molecule has 0 aliphatic rings. The van der Waals surface area contributed by atoms with Crippen LogP contribution in [-0.4, -0.2) is 25.2 Å². The lowest BCUT2D eigenvalue weighted by molar-refractivity contribution is -0.127. The summed E-state index contributed by atoms with van der Waals surface area (Å²) in [6, 6.07) is 13.6. The third-order valence-corrected chi connectivity index (χ3v) is 3.85. The van der Waals surface area contributed by atoms with Gasteiger partial charge in [0.2, 0.25) is 0 Å². The lowest BCUT2D eigenvalue weighted by Gasteiger charge is -2.18. The average molecular weight is 327 g/mol. The molecule has 0 fully saturated rings. The van der Waals surface area contributed by atoms with Crippen molar-refractivity contribution in [3.8, 4) is 11.5 Å². The zero-order chi connectivity index (χ0) is 17.5. The van der Waals surface area contributed by atoms with E-state index in [0.717, 1.165) is 28.2 Å². The van der Waals surface area contributed by atoms with E-state index in [9.17, 15) is 4.79 Å². The Kier molecular flexibility index (Phi) is 6.24. The molecule has 2 aromatic rings. The number of aryl methyl sites for hydroxylation is 2. The first-order chi connectivity index (χ1) is 11.5. The standard InChI is InChI=1S/C20H25NO3/c1-14-12-15(2)16(3)19(13-14)24-17(4)20(22)21-10-11-23-18-8-6-5-7-9-18/h5-9,12-13,17H,10-11H2,1-4H3,(H,21,22). The third kappa shape index (κ3) is 5.01. The molecule has 2 aromatic carbocycles. The van der Waals surface area contributed by atoms with E-state index in [0.29, 0.717) is 13.2 Å². The molecule has 1 atom stereocenters. The number of hydrogen-bond acceptors (Lipinski definition) is 3. The zero-order valence-corrected chi connectivity index (χ0v) is 14.8. The summed E-state index contributed by atoms with van der Waals surface area (Å²) in [4.78, 5) is 12.1. The highest BCUT2D eigenvalue weighted by atomic mass is 16.5. The Morgan fingerprint density at radius 2 is 1.83 bits per heavy atom. The van der Waals surface area contributed by atoms with Crippen LogP contribution in [0.2, 0.25) is 0 Å². The molecular weight excluding hydrogens is 302 g/mol. The van der Waals surface area contributed by atoms with Gasteiger partial charge < -0.3 is 14.8 Å². The van der Waals surface area contributed by atoms with Crippen molar-refractivity contribution in [3.63, 3.8) is 0 Å². The number of amides is 1. The van der Waals surface area contributed by atoms with Crippen LogP contribution in [0.1, 0.15) is 23.6 Å². The van der Waals surface area contributed by atoms with Crippen LogP contribution < -0.4 is 14.8 Å². The van der Waals surface area contributed by atoms with Gasteiger partial charge in [0.05, 0.1) is 6.54 Å². The normalized spacial score (nSPS) is 11.7. The van der Waals surface area contributed by atoms with Gasteiger partial charge in [-0.2, -0.15) is 0 Å². The van der Waals surface area contributed by atoms with Gasteiger partial charge in [0.1, 0.15) is 18.1 Å². The van der Waals surface area contributed by atoms with Crippen LogP contribution in [0.15, 0.2) is 42.5 Å². The van der Waals surface area contributed by atoms with E-state index in [2.05, 4.69) is 11.4 Å². The van der Waals surface area contributed by atoms with Crippen molar-refractivity contribution in [1.29, 1.82) is 0 Å². The van der Waals surface area contributed by atoms with Crippen molar-refractivity contribution >= 4 is 5.91 Å². The average Bonchev–Trinajstić information content (AvgIpc) is 2.56. The first-order valence-corrected chi connectivity index (χ1v) is 8.17. The first-order valence-electron chi connectivity index (χ1n) is 8.17. The van der Waals surface area contributed by atoms with Crippen molar-refractivity contribution in [2.24, 2.45) is 0 Å². The minimum Gasteiger partial charge on any atom is -0.492 e. The number of para-hydroxylation sites is 1. The summed E-state index contributed by atoms with van der Waals surface area (Å²) in [5.74, 6) is 1.41. The molecule has 0 saturated carbocycles. The first kappa shape index (κ1) is 17.9. The summed E-state index contributed by atoms with van der Waals surface area (Å²) >= 11 is 0. The van der Waals surface area contributed by atoms with E-state index >= 15 is 0 Å². The van der Waals surface area contributed by atoms with E-state index in [1.54, 1.807) is 6.92 Å². The molecule has 0 aliphatic carbocycles. The SMILES string of the molecule is Cc1cc(C)c(C)c(OC(C)C(=O)NCCOc2ccccc2)c1. The van der Waals surface area contributed by atoms with Crippen molar-refractivity contribution in [1.82, 2.24) is 5.32 Å². The van der Waals surface area contributed by atoms with Gasteiger partial charge in [-0.25, -0.2) is 0 Å². The molecule has 128 valence electrons. The van der Waals surface area contributed by atoms with Crippen molar-refractivity contribution in [2.45, 2.75) is 33.8 Å². The molecule has 24 heavy (non-hydrogen) atoms. The summed E-state index contributed by atoms with van der Waals surface area (Å²) in [6.45, 7) is 8.68. The molecule has 0 saturated heterocycles. The van der Waals surface area contributed by atoms with E-state index in [-0.39, 0.29) is 5.91 Å². The van der Waals surface area contributed by atoms with E-state index < -0.39 is 6.10 Å². The fourth-order valence-corrected chi connectivity index (χ4v) is 2.37. The van der Waals surface area contributed by atoms with E-state index in [4.69, 9.17) is 9.47 Å². The quantitative estimate of drug-likeness (QED) is 0.791. The van der Waals surface area contributed by atoms with Crippen LogP contribution in [0.25, 0.3) is 0 Å². The number of hydrogen-bond donors (Lipinski definition) is 1. The Labute approximate surface area is 143 Å². The van der Waals surface area contributed by atoms with Gasteiger partial charge in [-0.1, -0.05) is 24.3 Å². The largest absolute Gasteiger partial charge is 0.492 e. The van der Waals surface area contributed by atoms with Crippen LogP contribution in [0.5, 0.6) is 11.5 Å². The maximum Gasteiger partial charge on any atom is 0.260 e. The van der Waals surface area contributed by atoms with Gasteiger partial charge in [-0.05, 0) is 62.6 Å². The topological polar surface area (TPSA) is 47.6 Å². The van der Waals surface area contributed by atoms with Gasteiger partial charge in [-0.3, -0.25) is 4.79 Å². The fraction of sp³-hybridized carbons (Fsp3) is 0.350. The Balaban J connectivity index is 1.80. The summed E-state index contributed by atoms with van der Waals surface area (Å²) in [5, 5.41) is 2.83. The van der Waals surface area contributed by atoms with Crippen molar-refractivity contribution in [3.05, 3.63) is 59.2 Å². The van der Waals surface area contributed by atoms with E-state index in [1.165, 1.54) is 0 Å². The number of nitrogens with one attached hydrogen (secondary N) is 1. The zero-order valence-electron chi connectivity index (χ0n) is 14.8. The monoisotopic (exact) mass is 327 g/mol. The van der Waals surface area contributed by atoms with Crippen LogP contribution in [0.3, 0.4) is 0 Å².